The van der Waals surface area contributed by atoms with E-state index in [0.717, 1.165) is 16.6 Å². The van der Waals surface area contributed by atoms with E-state index in [2.05, 4.69) is 42.1 Å². The molecule has 1 amide bonds. The molecule has 144 valence electrons. The fraction of sp³-hybridized carbons (Fsp3) is 0.217. The normalized spacial score (nSPS) is 10.7. The molecule has 0 saturated carbocycles. The number of aromatic nitrogens is 1. The maximum Gasteiger partial charge on any atom is 0.255 e. The van der Waals surface area contributed by atoms with Crippen molar-refractivity contribution in [2.45, 2.75) is 19.8 Å². The van der Waals surface area contributed by atoms with Gasteiger partial charge in [-0.25, -0.2) is 0 Å². The summed E-state index contributed by atoms with van der Waals surface area (Å²) in [6.45, 7) is 8.33. The Morgan fingerprint density at radius 2 is 2.04 bits per heavy atom. The van der Waals surface area contributed by atoms with Crippen LogP contribution in [0.15, 0.2) is 61.3 Å². The van der Waals surface area contributed by atoms with Gasteiger partial charge in [-0.3, -0.25) is 9.78 Å². The Kier molecular flexibility index (Phi) is 5.94. The van der Waals surface area contributed by atoms with Crippen molar-refractivity contribution < 1.29 is 9.53 Å². The Bertz CT molecular complexity index is 1010. The van der Waals surface area contributed by atoms with E-state index in [0.29, 0.717) is 29.5 Å². The molecule has 0 aliphatic carbocycles. The van der Waals surface area contributed by atoms with E-state index in [1.54, 1.807) is 19.4 Å². The van der Waals surface area contributed by atoms with Gasteiger partial charge in [0.15, 0.2) is 0 Å². The monoisotopic (exact) mass is 375 g/mol. The zero-order chi connectivity index (χ0) is 20.1. The van der Waals surface area contributed by atoms with Crippen LogP contribution in [0.1, 0.15) is 35.7 Å². The van der Waals surface area contributed by atoms with Gasteiger partial charge in [-0.2, -0.15) is 0 Å². The molecular weight excluding hydrogens is 350 g/mol. The summed E-state index contributed by atoms with van der Waals surface area (Å²) >= 11 is 0. The van der Waals surface area contributed by atoms with E-state index < -0.39 is 0 Å². The first-order valence-electron chi connectivity index (χ1n) is 9.27. The number of para-hydroxylation sites is 1. The number of pyridine rings is 1. The number of carbonyl (C=O) groups excluding carboxylic acids is 1. The summed E-state index contributed by atoms with van der Waals surface area (Å²) in [5.74, 6) is 0.837. The molecule has 0 unspecified atom stereocenters. The highest BCUT2D eigenvalue weighted by molar-refractivity contribution is 6.08. The predicted octanol–water partition coefficient (Wildman–Crippen LogP) is 5.03. The Labute approximate surface area is 165 Å². The molecule has 3 rings (SSSR count). The molecule has 2 N–H and O–H groups in total. The lowest BCUT2D eigenvalue weighted by molar-refractivity contribution is 0.0958. The number of carbonyl (C=O) groups is 1. The van der Waals surface area contributed by atoms with Gasteiger partial charge in [0.2, 0.25) is 0 Å². The SMILES string of the molecule is C=CCNC(=O)c1cnc2ccc(OC)cc2c1Nc1ccccc1C(C)C. The van der Waals surface area contributed by atoms with Crippen molar-refractivity contribution >= 4 is 28.2 Å². The van der Waals surface area contributed by atoms with Crippen molar-refractivity contribution in [2.75, 3.05) is 19.0 Å². The molecule has 0 spiro atoms. The number of hydrogen-bond donors (Lipinski definition) is 2. The van der Waals surface area contributed by atoms with Crippen LogP contribution in [-0.2, 0) is 0 Å². The average molecular weight is 375 g/mol. The molecule has 2 aromatic carbocycles. The van der Waals surface area contributed by atoms with Crippen LogP contribution in [-0.4, -0.2) is 24.5 Å². The molecule has 3 aromatic rings. The van der Waals surface area contributed by atoms with Crippen molar-refractivity contribution in [3.63, 3.8) is 0 Å². The fourth-order valence-electron chi connectivity index (χ4n) is 3.11. The van der Waals surface area contributed by atoms with Gasteiger partial charge < -0.3 is 15.4 Å². The van der Waals surface area contributed by atoms with E-state index in [-0.39, 0.29) is 5.91 Å². The Balaban J connectivity index is 2.19. The lowest BCUT2D eigenvalue weighted by atomic mass is 10.00. The number of benzene rings is 2. The standard InChI is InChI=1S/C23H25N3O2/c1-5-12-24-23(27)19-14-25-20-11-10-16(28-4)13-18(20)22(19)26-21-9-7-6-8-17(21)15(2)3/h5-11,13-15H,1,12H2,2-4H3,(H,24,27)(H,25,26). The molecule has 1 heterocycles. The van der Waals surface area contributed by atoms with Gasteiger partial charge in [0.05, 0.1) is 23.9 Å². The Morgan fingerprint density at radius 1 is 1.25 bits per heavy atom. The Hall–Kier alpha value is -3.34. The van der Waals surface area contributed by atoms with Gasteiger partial charge in [-0.15, -0.1) is 6.58 Å². The molecule has 0 aliphatic heterocycles. The summed E-state index contributed by atoms with van der Waals surface area (Å²) in [6.07, 6.45) is 3.25. The number of amides is 1. The van der Waals surface area contributed by atoms with Crippen molar-refractivity contribution in [3.05, 3.63) is 72.4 Å². The van der Waals surface area contributed by atoms with E-state index in [9.17, 15) is 4.79 Å². The van der Waals surface area contributed by atoms with Crippen LogP contribution in [0.25, 0.3) is 10.9 Å². The molecule has 0 aliphatic rings. The van der Waals surface area contributed by atoms with Crippen LogP contribution in [0.4, 0.5) is 11.4 Å². The second-order valence-corrected chi connectivity index (χ2v) is 6.80. The number of nitrogens with zero attached hydrogens (tertiary/aromatic N) is 1. The van der Waals surface area contributed by atoms with Gasteiger partial charge in [0.25, 0.3) is 5.91 Å². The third-order valence-electron chi connectivity index (χ3n) is 4.57. The van der Waals surface area contributed by atoms with E-state index in [1.807, 2.05) is 36.4 Å². The molecular formula is C23H25N3O2. The van der Waals surface area contributed by atoms with Crippen LogP contribution in [0.3, 0.4) is 0 Å². The van der Waals surface area contributed by atoms with Gasteiger partial charge in [-0.1, -0.05) is 38.1 Å². The van der Waals surface area contributed by atoms with Gasteiger partial charge >= 0.3 is 0 Å². The van der Waals surface area contributed by atoms with Crippen LogP contribution < -0.4 is 15.4 Å². The summed E-state index contributed by atoms with van der Waals surface area (Å²) in [5, 5.41) is 7.15. The number of fused-ring (bicyclic) bond motifs is 1. The minimum absolute atomic E-state index is 0.207. The second-order valence-electron chi connectivity index (χ2n) is 6.80. The van der Waals surface area contributed by atoms with Crippen LogP contribution in [0.5, 0.6) is 5.75 Å². The smallest absolute Gasteiger partial charge is 0.255 e. The minimum Gasteiger partial charge on any atom is -0.497 e. The topological polar surface area (TPSA) is 63.2 Å². The first kappa shape index (κ1) is 19.4. The number of methoxy groups -OCH3 is 1. The van der Waals surface area contributed by atoms with Gasteiger partial charge in [-0.05, 0) is 35.7 Å². The lowest BCUT2D eigenvalue weighted by Crippen LogP contribution is -2.24. The number of hydrogen-bond acceptors (Lipinski definition) is 4. The summed E-state index contributed by atoms with van der Waals surface area (Å²) in [5.41, 5.74) is 4.10. The maximum atomic E-state index is 12.8. The summed E-state index contributed by atoms with van der Waals surface area (Å²) in [7, 11) is 1.62. The van der Waals surface area contributed by atoms with Crippen LogP contribution in [0, 0.1) is 0 Å². The highest BCUT2D eigenvalue weighted by Gasteiger charge is 2.17. The third-order valence-corrected chi connectivity index (χ3v) is 4.57. The zero-order valence-electron chi connectivity index (χ0n) is 16.5. The summed E-state index contributed by atoms with van der Waals surface area (Å²) < 4.78 is 5.39. The van der Waals surface area contributed by atoms with Gasteiger partial charge in [0.1, 0.15) is 5.75 Å². The van der Waals surface area contributed by atoms with Crippen molar-refractivity contribution in [1.29, 1.82) is 0 Å². The van der Waals surface area contributed by atoms with Crippen molar-refractivity contribution in [3.8, 4) is 5.75 Å². The average Bonchev–Trinajstić information content (AvgIpc) is 2.72. The van der Waals surface area contributed by atoms with E-state index >= 15 is 0 Å². The lowest BCUT2D eigenvalue weighted by Gasteiger charge is -2.18. The van der Waals surface area contributed by atoms with Crippen LogP contribution >= 0.6 is 0 Å². The highest BCUT2D eigenvalue weighted by Crippen LogP contribution is 2.34. The number of ether oxygens (including phenoxy) is 1. The molecule has 5 heteroatoms. The van der Waals surface area contributed by atoms with E-state index in [4.69, 9.17) is 4.74 Å². The zero-order valence-corrected chi connectivity index (χ0v) is 16.5. The number of rotatable bonds is 7. The second kappa shape index (κ2) is 8.57. The minimum atomic E-state index is -0.207. The van der Waals surface area contributed by atoms with E-state index in [1.165, 1.54) is 5.56 Å². The van der Waals surface area contributed by atoms with Crippen LogP contribution in [0.2, 0.25) is 0 Å². The quantitative estimate of drug-likeness (QED) is 0.569. The number of anilines is 2. The summed E-state index contributed by atoms with van der Waals surface area (Å²) in [4.78, 5) is 17.2. The Morgan fingerprint density at radius 3 is 2.75 bits per heavy atom. The molecule has 0 fully saturated rings. The molecule has 1 aromatic heterocycles. The molecule has 0 atom stereocenters. The maximum absolute atomic E-state index is 12.8. The molecule has 5 nitrogen and oxygen atoms in total. The summed E-state index contributed by atoms with van der Waals surface area (Å²) in [6, 6.07) is 13.8. The molecule has 0 radical (unpaired) electrons. The van der Waals surface area contributed by atoms with Crippen molar-refractivity contribution in [2.24, 2.45) is 0 Å². The first-order chi connectivity index (χ1) is 13.5. The molecule has 28 heavy (non-hydrogen) atoms. The fourth-order valence-corrected chi connectivity index (χ4v) is 3.11. The highest BCUT2D eigenvalue weighted by atomic mass is 16.5. The van der Waals surface area contributed by atoms with Gasteiger partial charge in [0, 0.05) is 23.8 Å². The third kappa shape index (κ3) is 3.98. The largest absolute Gasteiger partial charge is 0.497 e. The predicted molar refractivity (Wildman–Crippen MR) is 115 cm³/mol. The van der Waals surface area contributed by atoms with Crippen molar-refractivity contribution in [1.82, 2.24) is 10.3 Å². The molecule has 0 bridgehead atoms. The molecule has 0 saturated heterocycles. The number of nitrogens with one attached hydrogen (secondary N) is 2. The first-order valence-corrected chi connectivity index (χ1v) is 9.27.